The first kappa shape index (κ1) is 23.3. The summed E-state index contributed by atoms with van der Waals surface area (Å²) in [6, 6.07) is 21.9. The minimum absolute atomic E-state index is 0.223. The van der Waals surface area contributed by atoms with E-state index in [1.165, 1.54) is 16.1 Å². The fourth-order valence-corrected chi connectivity index (χ4v) is 4.21. The molecule has 0 aliphatic carbocycles. The summed E-state index contributed by atoms with van der Waals surface area (Å²) in [5.41, 5.74) is 4.06. The van der Waals surface area contributed by atoms with Crippen molar-refractivity contribution >= 4 is 21.6 Å². The number of hydrogen-bond donors (Lipinski definition) is 1. The molecule has 0 spiro atoms. The summed E-state index contributed by atoms with van der Waals surface area (Å²) in [4.78, 5) is 12.4. The van der Waals surface area contributed by atoms with Gasteiger partial charge >= 0.3 is 0 Å². The van der Waals surface area contributed by atoms with Crippen molar-refractivity contribution in [2.45, 2.75) is 20.4 Å². The van der Waals surface area contributed by atoms with E-state index in [-0.39, 0.29) is 12.5 Å². The van der Waals surface area contributed by atoms with Crippen LogP contribution in [-0.4, -0.2) is 33.7 Å². The number of carbonyl (C=O) groups excluding carboxylic acids is 1. The van der Waals surface area contributed by atoms with Gasteiger partial charge in [0, 0.05) is 5.56 Å². The number of carbonyl (C=O) groups is 1. The summed E-state index contributed by atoms with van der Waals surface area (Å²) in [7, 11) is -3.48. The van der Waals surface area contributed by atoms with E-state index in [9.17, 15) is 13.2 Å². The van der Waals surface area contributed by atoms with Crippen LogP contribution in [0.4, 0.5) is 5.69 Å². The lowest BCUT2D eigenvalue weighted by atomic mass is 10.1. The van der Waals surface area contributed by atoms with E-state index in [1.54, 1.807) is 24.3 Å². The molecule has 0 radical (unpaired) electrons. The Hall–Kier alpha value is -3.32. The van der Waals surface area contributed by atoms with Gasteiger partial charge in [0.15, 0.2) is 0 Å². The van der Waals surface area contributed by atoms with E-state index < -0.39 is 10.0 Å². The average molecular weight is 453 g/mol. The Bertz CT molecular complexity index is 1160. The first-order valence-electron chi connectivity index (χ1n) is 10.3. The van der Waals surface area contributed by atoms with Crippen LogP contribution in [0.3, 0.4) is 0 Å². The van der Waals surface area contributed by atoms with Crippen LogP contribution >= 0.6 is 0 Å². The molecule has 0 unspecified atom stereocenters. The van der Waals surface area contributed by atoms with Gasteiger partial charge < -0.3 is 10.1 Å². The summed E-state index contributed by atoms with van der Waals surface area (Å²) in [5.74, 6) is 0.559. The van der Waals surface area contributed by atoms with Crippen LogP contribution < -0.4 is 14.4 Å². The number of sulfonamides is 1. The SMILES string of the molecule is Cc1ccc(OCCNC(=O)c2ccc(N(Cc3ccccc3)S(C)(=O)=O)cc2)c(C)c1. The first-order valence-corrected chi connectivity index (χ1v) is 12.2. The highest BCUT2D eigenvalue weighted by molar-refractivity contribution is 7.92. The van der Waals surface area contributed by atoms with Crippen LogP contribution in [0.5, 0.6) is 5.75 Å². The Morgan fingerprint density at radius 3 is 2.28 bits per heavy atom. The van der Waals surface area contributed by atoms with E-state index in [4.69, 9.17) is 4.74 Å². The average Bonchev–Trinajstić information content (AvgIpc) is 2.76. The van der Waals surface area contributed by atoms with Crippen molar-refractivity contribution in [3.8, 4) is 5.75 Å². The molecule has 32 heavy (non-hydrogen) atoms. The van der Waals surface area contributed by atoms with Gasteiger partial charge in [-0.15, -0.1) is 0 Å². The predicted octanol–water partition coefficient (Wildman–Crippen LogP) is 4.08. The van der Waals surface area contributed by atoms with E-state index >= 15 is 0 Å². The molecule has 0 aromatic heterocycles. The van der Waals surface area contributed by atoms with Gasteiger partial charge in [-0.2, -0.15) is 0 Å². The van der Waals surface area contributed by atoms with Crippen molar-refractivity contribution in [2.75, 3.05) is 23.7 Å². The van der Waals surface area contributed by atoms with Gasteiger partial charge in [0.1, 0.15) is 12.4 Å². The lowest BCUT2D eigenvalue weighted by molar-refractivity contribution is 0.0947. The number of anilines is 1. The van der Waals surface area contributed by atoms with Crippen molar-refractivity contribution in [2.24, 2.45) is 0 Å². The van der Waals surface area contributed by atoms with Crippen molar-refractivity contribution in [3.63, 3.8) is 0 Å². The lowest BCUT2D eigenvalue weighted by Gasteiger charge is -2.22. The van der Waals surface area contributed by atoms with Gasteiger partial charge in [0.2, 0.25) is 10.0 Å². The Morgan fingerprint density at radius 1 is 0.969 bits per heavy atom. The molecular formula is C25H28N2O4S. The monoisotopic (exact) mass is 452 g/mol. The Morgan fingerprint density at radius 2 is 1.66 bits per heavy atom. The number of amides is 1. The van der Waals surface area contributed by atoms with Gasteiger partial charge in [-0.05, 0) is 55.3 Å². The number of aryl methyl sites for hydroxylation is 2. The fraction of sp³-hybridized carbons (Fsp3) is 0.240. The smallest absolute Gasteiger partial charge is 0.251 e. The molecule has 3 aromatic carbocycles. The van der Waals surface area contributed by atoms with Crippen LogP contribution in [0, 0.1) is 13.8 Å². The van der Waals surface area contributed by atoms with Gasteiger partial charge in [-0.25, -0.2) is 8.42 Å². The lowest BCUT2D eigenvalue weighted by Crippen LogP contribution is -2.30. The van der Waals surface area contributed by atoms with Crippen molar-refractivity contribution in [3.05, 3.63) is 95.1 Å². The van der Waals surface area contributed by atoms with Gasteiger partial charge in [0.05, 0.1) is 25.0 Å². The van der Waals surface area contributed by atoms with Crippen molar-refractivity contribution < 1.29 is 17.9 Å². The number of nitrogens with one attached hydrogen (secondary N) is 1. The highest BCUT2D eigenvalue weighted by Crippen LogP contribution is 2.21. The molecule has 3 rings (SSSR count). The zero-order valence-corrected chi connectivity index (χ0v) is 19.4. The zero-order chi connectivity index (χ0) is 23.1. The van der Waals surface area contributed by atoms with Gasteiger partial charge in [-0.1, -0.05) is 48.0 Å². The summed E-state index contributed by atoms with van der Waals surface area (Å²) < 4.78 is 31.7. The maximum Gasteiger partial charge on any atom is 0.251 e. The number of nitrogens with zero attached hydrogens (tertiary/aromatic N) is 1. The second-order valence-corrected chi connectivity index (χ2v) is 9.58. The van der Waals surface area contributed by atoms with Crippen LogP contribution in [0.2, 0.25) is 0 Å². The van der Waals surface area contributed by atoms with E-state index in [0.717, 1.165) is 16.9 Å². The molecule has 0 saturated carbocycles. The van der Waals surface area contributed by atoms with Gasteiger partial charge in [-0.3, -0.25) is 9.10 Å². The summed E-state index contributed by atoms with van der Waals surface area (Å²) >= 11 is 0. The second kappa shape index (κ2) is 10.3. The quantitative estimate of drug-likeness (QED) is 0.497. The second-order valence-electron chi connectivity index (χ2n) is 7.68. The summed E-state index contributed by atoms with van der Waals surface area (Å²) in [6.45, 7) is 4.95. The minimum Gasteiger partial charge on any atom is -0.491 e. The maximum absolute atomic E-state index is 12.4. The van der Waals surface area contributed by atoms with Gasteiger partial charge in [0.25, 0.3) is 5.91 Å². The molecule has 6 nitrogen and oxygen atoms in total. The first-order chi connectivity index (χ1) is 15.2. The third kappa shape index (κ3) is 6.34. The van der Waals surface area contributed by atoms with Crippen molar-refractivity contribution in [1.82, 2.24) is 5.32 Å². The van der Waals surface area contributed by atoms with Crippen LogP contribution in [0.15, 0.2) is 72.8 Å². The highest BCUT2D eigenvalue weighted by Gasteiger charge is 2.18. The standard InChI is InChI=1S/C25H28N2O4S/c1-19-9-14-24(20(2)17-19)31-16-15-26-25(28)22-10-12-23(13-11-22)27(32(3,29)30)18-21-7-5-4-6-8-21/h4-14,17H,15-16,18H2,1-3H3,(H,26,28). The maximum atomic E-state index is 12.4. The van der Waals surface area contributed by atoms with Crippen LogP contribution in [0.1, 0.15) is 27.0 Å². The largest absolute Gasteiger partial charge is 0.491 e. The Labute approximate surface area is 189 Å². The molecule has 3 aromatic rings. The van der Waals surface area contributed by atoms with E-state index in [2.05, 4.69) is 5.32 Å². The fourth-order valence-electron chi connectivity index (χ4n) is 3.32. The molecule has 0 saturated heterocycles. The predicted molar refractivity (Wildman–Crippen MR) is 128 cm³/mol. The summed E-state index contributed by atoms with van der Waals surface area (Å²) in [6.07, 6.45) is 1.17. The Kier molecular flexibility index (Phi) is 7.53. The number of ether oxygens (including phenoxy) is 1. The molecule has 1 N–H and O–H groups in total. The molecule has 168 valence electrons. The molecular weight excluding hydrogens is 424 g/mol. The van der Waals surface area contributed by atoms with Crippen molar-refractivity contribution in [1.29, 1.82) is 0 Å². The molecule has 0 bridgehead atoms. The van der Waals surface area contributed by atoms with Crippen LogP contribution in [0.25, 0.3) is 0 Å². The molecule has 0 heterocycles. The highest BCUT2D eigenvalue weighted by atomic mass is 32.2. The minimum atomic E-state index is -3.48. The molecule has 7 heteroatoms. The zero-order valence-electron chi connectivity index (χ0n) is 18.5. The summed E-state index contributed by atoms with van der Waals surface area (Å²) in [5, 5.41) is 2.82. The van der Waals surface area contributed by atoms with E-state index in [0.29, 0.717) is 24.4 Å². The molecule has 0 atom stereocenters. The Balaban J connectivity index is 1.59. The molecule has 0 fully saturated rings. The number of hydrogen-bond acceptors (Lipinski definition) is 4. The third-order valence-corrected chi connectivity index (χ3v) is 6.10. The molecule has 0 aliphatic heterocycles. The van der Waals surface area contributed by atoms with Crippen LogP contribution in [-0.2, 0) is 16.6 Å². The topological polar surface area (TPSA) is 75.7 Å². The van der Waals surface area contributed by atoms with E-state index in [1.807, 2.05) is 62.4 Å². The third-order valence-electron chi connectivity index (χ3n) is 4.96. The number of benzene rings is 3. The normalized spacial score (nSPS) is 11.1. The molecule has 1 amide bonds. The number of rotatable bonds is 9. The molecule has 0 aliphatic rings.